The van der Waals surface area contributed by atoms with E-state index in [0.29, 0.717) is 6.29 Å². The van der Waals surface area contributed by atoms with Crippen LogP contribution < -0.4 is 5.73 Å². The molecule has 15 heavy (non-hydrogen) atoms. The number of carboxylic acid groups (broad SMARTS) is 1. The fraction of sp³-hybridized carbons (Fsp3) is 0.444. The molecule has 0 aromatic carbocycles. The van der Waals surface area contributed by atoms with E-state index in [1.807, 2.05) is 0 Å². The van der Waals surface area contributed by atoms with Crippen molar-refractivity contribution in [3.8, 4) is 0 Å². The summed E-state index contributed by atoms with van der Waals surface area (Å²) in [6.07, 6.45) is 1.43. The zero-order valence-electron chi connectivity index (χ0n) is 8.09. The van der Waals surface area contributed by atoms with Crippen LogP contribution >= 0.6 is 0 Å². The molecule has 6 heteroatoms. The summed E-state index contributed by atoms with van der Waals surface area (Å²) < 4.78 is 4.55. The fourth-order valence-corrected chi connectivity index (χ4v) is 0.867. The van der Waals surface area contributed by atoms with Crippen LogP contribution in [0.4, 0.5) is 0 Å². The lowest BCUT2D eigenvalue weighted by Gasteiger charge is -2.12. The van der Waals surface area contributed by atoms with E-state index < -0.39 is 23.9 Å². The second kappa shape index (κ2) is 6.72. The Balaban J connectivity index is 4.37. The first-order valence-corrected chi connectivity index (χ1v) is 4.24. The molecule has 0 amide bonds. The third-order valence-corrected chi connectivity index (χ3v) is 1.61. The molecule has 0 aromatic heterocycles. The summed E-state index contributed by atoms with van der Waals surface area (Å²) in [6.45, 7) is 3.24. The minimum absolute atomic E-state index is 0.0705. The molecule has 0 saturated heterocycles. The average Bonchev–Trinajstić information content (AvgIpc) is 2.21. The number of nitrogens with two attached hydrogens (primary N) is 1. The quantitative estimate of drug-likeness (QED) is 0.252. The highest BCUT2D eigenvalue weighted by Gasteiger charge is 2.29. The molecule has 0 saturated carbocycles. The molecule has 2 unspecified atom stereocenters. The largest absolute Gasteiger partial charge is 0.481 e. The SMILES string of the molecule is C=CCOC(=O)C(CC(N)C=O)C(=O)O. The van der Waals surface area contributed by atoms with Gasteiger partial charge in [-0.1, -0.05) is 12.7 Å². The molecule has 0 fully saturated rings. The molecule has 84 valence electrons. The zero-order chi connectivity index (χ0) is 11.8. The molecular formula is C9H13NO5. The van der Waals surface area contributed by atoms with Crippen LogP contribution in [0.15, 0.2) is 12.7 Å². The van der Waals surface area contributed by atoms with Crippen molar-refractivity contribution in [2.75, 3.05) is 6.61 Å². The van der Waals surface area contributed by atoms with Gasteiger partial charge in [-0.3, -0.25) is 9.59 Å². The number of aliphatic carboxylic acids is 1. The maximum absolute atomic E-state index is 11.2. The lowest BCUT2D eigenvalue weighted by Crippen LogP contribution is -2.34. The average molecular weight is 215 g/mol. The number of rotatable bonds is 7. The van der Waals surface area contributed by atoms with Gasteiger partial charge in [-0.2, -0.15) is 0 Å². The van der Waals surface area contributed by atoms with Gasteiger partial charge in [-0.15, -0.1) is 0 Å². The number of hydrogen-bond donors (Lipinski definition) is 2. The molecule has 0 aliphatic heterocycles. The Morgan fingerprint density at radius 2 is 2.13 bits per heavy atom. The van der Waals surface area contributed by atoms with E-state index in [-0.39, 0.29) is 13.0 Å². The summed E-state index contributed by atoms with van der Waals surface area (Å²) in [5.41, 5.74) is 5.22. The number of esters is 1. The summed E-state index contributed by atoms with van der Waals surface area (Å²) in [7, 11) is 0. The Morgan fingerprint density at radius 3 is 2.53 bits per heavy atom. The number of ether oxygens (including phenoxy) is 1. The van der Waals surface area contributed by atoms with Crippen LogP contribution in [-0.2, 0) is 19.1 Å². The van der Waals surface area contributed by atoms with Gasteiger partial charge < -0.3 is 20.4 Å². The van der Waals surface area contributed by atoms with Crippen LogP contribution in [-0.4, -0.2) is 36.0 Å². The van der Waals surface area contributed by atoms with Crippen LogP contribution in [0.1, 0.15) is 6.42 Å². The Hall–Kier alpha value is -1.69. The van der Waals surface area contributed by atoms with Gasteiger partial charge in [0, 0.05) is 0 Å². The van der Waals surface area contributed by atoms with E-state index >= 15 is 0 Å². The van der Waals surface area contributed by atoms with Crippen LogP contribution in [0.25, 0.3) is 0 Å². The molecule has 0 aliphatic rings. The molecule has 0 aliphatic carbocycles. The normalized spacial score (nSPS) is 13.7. The van der Waals surface area contributed by atoms with E-state index in [9.17, 15) is 14.4 Å². The van der Waals surface area contributed by atoms with Gasteiger partial charge in [0.2, 0.25) is 0 Å². The maximum Gasteiger partial charge on any atom is 0.320 e. The summed E-state index contributed by atoms with van der Waals surface area (Å²) in [4.78, 5) is 32.0. The molecule has 0 heterocycles. The van der Waals surface area contributed by atoms with Gasteiger partial charge >= 0.3 is 11.9 Å². The lowest BCUT2D eigenvalue weighted by atomic mass is 10.0. The second-order valence-corrected chi connectivity index (χ2v) is 2.85. The Morgan fingerprint density at radius 1 is 1.53 bits per heavy atom. The van der Waals surface area contributed by atoms with Crippen molar-refractivity contribution in [3.05, 3.63) is 12.7 Å². The van der Waals surface area contributed by atoms with Crippen molar-refractivity contribution in [1.82, 2.24) is 0 Å². The number of carbonyl (C=O) groups excluding carboxylic acids is 2. The molecule has 2 atom stereocenters. The fourth-order valence-electron chi connectivity index (χ4n) is 0.867. The first kappa shape index (κ1) is 13.3. The minimum Gasteiger partial charge on any atom is -0.481 e. The molecule has 0 rings (SSSR count). The summed E-state index contributed by atoms with van der Waals surface area (Å²) in [5, 5.41) is 8.69. The summed E-state index contributed by atoms with van der Waals surface area (Å²) in [5.74, 6) is -3.69. The van der Waals surface area contributed by atoms with Crippen LogP contribution in [0, 0.1) is 5.92 Å². The van der Waals surface area contributed by atoms with Crippen molar-refractivity contribution in [2.45, 2.75) is 12.5 Å². The standard InChI is InChI=1S/C9H13NO5/c1-2-3-15-9(14)7(8(12)13)4-6(10)5-11/h2,5-7H,1,3-4,10H2,(H,12,13). The Kier molecular flexibility index (Phi) is 5.96. The molecule has 0 radical (unpaired) electrons. The van der Waals surface area contributed by atoms with E-state index in [0.717, 1.165) is 0 Å². The van der Waals surface area contributed by atoms with Gasteiger partial charge in [-0.25, -0.2) is 0 Å². The van der Waals surface area contributed by atoms with Crippen LogP contribution in [0.5, 0.6) is 0 Å². The molecule has 6 nitrogen and oxygen atoms in total. The van der Waals surface area contributed by atoms with Gasteiger partial charge in [0.25, 0.3) is 0 Å². The smallest absolute Gasteiger partial charge is 0.320 e. The molecule has 0 aromatic rings. The van der Waals surface area contributed by atoms with Gasteiger partial charge in [0.15, 0.2) is 5.92 Å². The molecule has 0 bridgehead atoms. The highest BCUT2D eigenvalue weighted by Crippen LogP contribution is 2.08. The van der Waals surface area contributed by atoms with E-state index in [4.69, 9.17) is 10.8 Å². The topological polar surface area (TPSA) is 107 Å². The van der Waals surface area contributed by atoms with Crippen LogP contribution in [0.3, 0.4) is 0 Å². The maximum atomic E-state index is 11.2. The second-order valence-electron chi connectivity index (χ2n) is 2.85. The van der Waals surface area contributed by atoms with Crippen molar-refractivity contribution in [3.63, 3.8) is 0 Å². The first-order chi connectivity index (χ1) is 7.02. The van der Waals surface area contributed by atoms with Gasteiger partial charge in [0.05, 0.1) is 6.04 Å². The predicted molar refractivity (Wildman–Crippen MR) is 50.9 cm³/mol. The number of hydrogen-bond acceptors (Lipinski definition) is 5. The van der Waals surface area contributed by atoms with E-state index in [1.165, 1.54) is 6.08 Å². The molecule has 3 N–H and O–H groups in total. The number of carboxylic acids is 1. The van der Waals surface area contributed by atoms with E-state index in [1.54, 1.807) is 0 Å². The van der Waals surface area contributed by atoms with Crippen molar-refractivity contribution in [2.24, 2.45) is 11.7 Å². The summed E-state index contributed by atoms with van der Waals surface area (Å²) >= 11 is 0. The zero-order valence-corrected chi connectivity index (χ0v) is 8.09. The van der Waals surface area contributed by atoms with Crippen molar-refractivity contribution >= 4 is 18.2 Å². The third kappa shape index (κ3) is 4.92. The number of carbonyl (C=O) groups is 3. The van der Waals surface area contributed by atoms with Crippen molar-refractivity contribution in [1.29, 1.82) is 0 Å². The van der Waals surface area contributed by atoms with Gasteiger partial charge in [0.1, 0.15) is 12.9 Å². The third-order valence-electron chi connectivity index (χ3n) is 1.61. The predicted octanol–water partition coefficient (Wildman–Crippen LogP) is -0.667. The summed E-state index contributed by atoms with van der Waals surface area (Å²) in [6, 6.07) is -0.984. The number of aldehydes is 1. The van der Waals surface area contributed by atoms with E-state index in [2.05, 4.69) is 11.3 Å². The lowest BCUT2D eigenvalue weighted by molar-refractivity contribution is -0.158. The Labute approximate surface area is 86.7 Å². The van der Waals surface area contributed by atoms with Crippen LogP contribution in [0.2, 0.25) is 0 Å². The minimum atomic E-state index is -1.41. The highest BCUT2D eigenvalue weighted by molar-refractivity contribution is 5.94. The first-order valence-electron chi connectivity index (χ1n) is 4.24. The Bertz CT molecular complexity index is 263. The highest BCUT2D eigenvalue weighted by atomic mass is 16.5. The molecule has 0 spiro atoms. The van der Waals surface area contributed by atoms with Crippen molar-refractivity contribution < 1.29 is 24.2 Å². The molecular weight excluding hydrogens is 202 g/mol. The monoisotopic (exact) mass is 215 g/mol. The van der Waals surface area contributed by atoms with Gasteiger partial charge in [-0.05, 0) is 6.42 Å².